The highest BCUT2D eigenvalue weighted by Gasteiger charge is 2.19. The maximum absolute atomic E-state index is 7.81. The number of nitrogens with two attached hydrogens (primary N) is 1. The van der Waals surface area contributed by atoms with Gasteiger partial charge < -0.3 is 10.6 Å². The normalized spacial score (nSPS) is 17.8. The van der Waals surface area contributed by atoms with E-state index in [0.717, 1.165) is 32.7 Å². The van der Waals surface area contributed by atoms with E-state index in [2.05, 4.69) is 18.7 Å². The highest BCUT2D eigenvalue weighted by atomic mass is 15.3. The summed E-state index contributed by atoms with van der Waals surface area (Å²) >= 11 is 0. The number of hydrogen-bond acceptors (Lipinski definition) is 3. The Morgan fingerprint density at radius 1 is 1.19 bits per heavy atom. The van der Waals surface area contributed by atoms with Crippen molar-refractivity contribution in [3.63, 3.8) is 0 Å². The zero-order valence-corrected chi connectivity index (χ0v) is 10.3. The molecule has 4 N–H and O–H groups in total. The Kier molecular flexibility index (Phi) is 4.73. The molecule has 1 aliphatic heterocycles. The first-order valence-corrected chi connectivity index (χ1v) is 5.86. The van der Waals surface area contributed by atoms with Crippen LogP contribution in [0.5, 0.6) is 0 Å². The molecule has 0 bridgehead atoms. The third-order valence-electron chi connectivity index (χ3n) is 2.74. The molecule has 0 aromatic rings. The molecule has 5 heteroatoms. The van der Waals surface area contributed by atoms with Gasteiger partial charge in [0.05, 0.1) is 12.3 Å². The number of piperazine rings is 1. The van der Waals surface area contributed by atoms with Gasteiger partial charge in [-0.3, -0.25) is 15.7 Å². The summed E-state index contributed by atoms with van der Waals surface area (Å²) in [6, 6.07) is 0. The van der Waals surface area contributed by atoms with Gasteiger partial charge in [0.15, 0.2) is 0 Å². The molecule has 0 amide bonds. The van der Waals surface area contributed by atoms with Crippen molar-refractivity contribution in [1.29, 1.82) is 10.8 Å². The van der Waals surface area contributed by atoms with E-state index in [0.29, 0.717) is 11.8 Å². The molecule has 1 fully saturated rings. The summed E-state index contributed by atoms with van der Waals surface area (Å²) < 4.78 is 0. The number of amidine groups is 2. The van der Waals surface area contributed by atoms with Gasteiger partial charge in [0.25, 0.3) is 0 Å². The van der Waals surface area contributed by atoms with Gasteiger partial charge in [-0.2, -0.15) is 0 Å². The molecule has 0 aromatic carbocycles. The fourth-order valence-corrected chi connectivity index (χ4v) is 2.01. The van der Waals surface area contributed by atoms with Crippen LogP contribution < -0.4 is 5.73 Å². The first-order valence-electron chi connectivity index (χ1n) is 5.86. The molecule has 0 aliphatic carbocycles. The molecular formula is C11H23N5. The molecule has 16 heavy (non-hydrogen) atoms. The van der Waals surface area contributed by atoms with Crippen LogP contribution in [0.2, 0.25) is 0 Å². The molecule has 1 rings (SSSR count). The smallest absolute Gasteiger partial charge is 0.103 e. The fourth-order valence-electron chi connectivity index (χ4n) is 2.01. The van der Waals surface area contributed by atoms with E-state index in [4.69, 9.17) is 16.6 Å². The van der Waals surface area contributed by atoms with Gasteiger partial charge in [-0.1, -0.05) is 13.8 Å². The van der Waals surface area contributed by atoms with Gasteiger partial charge in [-0.05, 0) is 5.92 Å². The van der Waals surface area contributed by atoms with Crippen LogP contribution in [0.15, 0.2) is 0 Å². The lowest BCUT2D eigenvalue weighted by Crippen LogP contribution is -2.49. The van der Waals surface area contributed by atoms with Crippen LogP contribution in [-0.2, 0) is 0 Å². The van der Waals surface area contributed by atoms with Crippen molar-refractivity contribution in [2.75, 3.05) is 32.7 Å². The molecule has 0 radical (unpaired) electrons. The third-order valence-corrected chi connectivity index (χ3v) is 2.74. The van der Waals surface area contributed by atoms with Crippen molar-refractivity contribution in [1.82, 2.24) is 9.80 Å². The second-order valence-corrected chi connectivity index (χ2v) is 4.83. The summed E-state index contributed by atoms with van der Waals surface area (Å²) in [5.41, 5.74) is 5.30. The summed E-state index contributed by atoms with van der Waals surface area (Å²) in [4.78, 5) is 4.46. The monoisotopic (exact) mass is 225 g/mol. The van der Waals surface area contributed by atoms with E-state index in [-0.39, 0.29) is 12.3 Å². The fraction of sp³-hybridized carbons (Fsp3) is 0.818. The number of rotatable bonds is 4. The maximum atomic E-state index is 7.81. The first-order chi connectivity index (χ1) is 7.49. The molecule has 1 aliphatic rings. The molecule has 0 atom stereocenters. The zero-order chi connectivity index (χ0) is 12.1. The molecule has 1 saturated heterocycles. The van der Waals surface area contributed by atoms with Crippen molar-refractivity contribution in [2.45, 2.75) is 20.3 Å². The Morgan fingerprint density at radius 3 is 2.19 bits per heavy atom. The third kappa shape index (κ3) is 4.18. The summed E-state index contributed by atoms with van der Waals surface area (Å²) in [7, 11) is 0. The predicted octanol–water partition coefficient (Wildman–Crippen LogP) is 0.563. The minimum absolute atomic E-state index is 0.0783. The minimum Gasteiger partial charge on any atom is -0.387 e. The quantitative estimate of drug-likeness (QED) is 0.483. The average molecular weight is 225 g/mol. The Bertz CT molecular complexity index is 253. The van der Waals surface area contributed by atoms with Gasteiger partial charge in [0.2, 0.25) is 0 Å². The van der Waals surface area contributed by atoms with Gasteiger partial charge in [-0.25, -0.2) is 0 Å². The van der Waals surface area contributed by atoms with E-state index < -0.39 is 0 Å². The van der Waals surface area contributed by atoms with Gasteiger partial charge in [0.1, 0.15) is 5.84 Å². The van der Waals surface area contributed by atoms with E-state index >= 15 is 0 Å². The van der Waals surface area contributed by atoms with Crippen LogP contribution in [0.3, 0.4) is 0 Å². The Labute approximate surface area is 97.6 Å². The Hall–Kier alpha value is -1.10. The number of hydrogen-bond donors (Lipinski definition) is 3. The van der Waals surface area contributed by atoms with Crippen molar-refractivity contribution in [3.05, 3.63) is 0 Å². The van der Waals surface area contributed by atoms with Crippen LogP contribution >= 0.6 is 0 Å². The van der Waals surface area contributed by atoms with Crippen molar-refractivity contribution >= 4 is 11.7 Å². The van der Waals surface area contributed by atoms with Crippen molar-refractivity contribution in [2.24, 2.45) is 11.7 Å². The highest BCUT2D eigenvalue weighted by Crippen LogP contribution is 2.06. The minimum atomic E-state index is 0.0783. The van der Waals surface area contributed by atoms with E-state index in [1.54, 1.807) is 0 Å². The summed E-state index contributed by atoms with van der Waals surface area (Å²) in [5.74, 6) is 1.26. The largest absolute Gasteiger partial charge is 0.387 e. The number of nitrogens with one attached hydrogen (secondary N) is 2. The molecule has 92 valence electrons. The van der Waals surface area contributed by atoms with Gasteiger partial charge in [0, 0.05) is 32.7 Å². The summed E-state index contributed by atoms with van der Waals surface area (Å²) in [5, 5.41) is 15.0. The maximum Gasteiger partial charge on any atom is 0.103 e. The SMILES string of the molecule is CC(C)CN1CCN(C(=N)CC(=N)N)CC1. The van der Waals surface area contributed by atoms with Crippen molar-refractivity contribution in [3.8, 4) is 0 Å². The highest BCUT2D eigenvalue weighted by molar-refractivity contribution is 5.98. The van der Waals surface area contributed by atoms with Crippen LogP contribution in [0.4, 0.5) is 0 Å². The summed E-state index contributed by atoms with van der Waals surface area (Å²) in [6.07, 6.45) is 0.282. The zero-order valence-electron chi connectivity index (χ0n) is 10.3. The predicted molar refractivity (Wildman–Crippen MR) is 67.1 cm³/mol. The van der Waals surface area contributed by atoms with Crippen LogP contribution in [0.25, 0.3) is 0 Å². The molecule has 5 nitrogen and oxygen atoms in total. The molecular weight excluding hydrogens is 202 g/mol. The Balaban J connectivity index is 2.31. The van der Waals surface area contributed by atoms with E-state index in [9.17, 15) is 0 Å². The van der Waals surface area contributed by atoms with Gasteiger partial charge in [-0.15, -0.1) is 0 Å². The summed E-state index contributed by atoms with van der Waals surface area (Å²) in [6.45, 7) is 9.39. The molecule has 0 aromatic heterocycles. The second kappa shape index (κ2) is 5.84. The van der Waals surface area contributed by atoms with Crippen LogP contribution in [0, 0.1) is 16.7 Å². The lowest BCUT2D eigenvalue weighted by atomic mass is 10.2. The van der Waals surface area contributed by atoms with Gasteiger partial charge >= 0.3 is 0 Å². The molecule has 0 unspecified atom stereocenters. The van der Waals surface area contributed by atoms with Crippen LogP contribution in [-0.4, -0.2) is 54.2 Å². The topological polar surface area (TPSA) is 80.2 Å². The second-order valence-electron chi connectivity index (χ2n) is 4.83. The lowest BCUT2D eigenvalue weighted by Gasteiger charge is -2.36. The van der Waals surface area contributed by atoms with Crippen molar-refractivity contribution < 1.29 is 0 Å². The molecule has 0 spiro atoms. The standard InChI is InChI=1S/C11H23N5/c1-9(2)8-15-3-5-16(6-4-15)11(14)7-10(12)13/h9,14H,3-8H2,1-2H3,(H3,12,13). The van der Waals surface area contributed by atoms with E-state index in [1.165, 1.54) is 0 Å². The van der Waals surface area contributed by atoms with Crippen LogP contribution in [0.1, 0.15) is 20.3 Å². The lowest BCUT2D eigenvalue weighted by molar-refractivity contribution is 0.165. The Morgan fingerprint density at radius 2 is 1.75 bits per heavy atom. The molecule has 0 saturated carbocycles. The molecule has 1 heterocycles. The number of nitrogens with zero attached hydrogens (tertiary/aromatic N) is 2. The van der Waals surface area contributed by atoms with E-state index in [1.807, 2.05) is 4.90 Å². The average Bonchev–Trinajstić information content (AvgIpc) is 2.16. The first kappa shape index (κ1) is 13.0.